The number of benzene rings is 2. The van der Waals surface area contributed by atoms with Gasteiger partial charge in [0, 0.05) is 13.2 Å². The molecule has 0 fully saturated rings. The van der Waals surface area contributed by atoms with Crippen LogP contribution in [0, 0.1) is 0 Å². The van der Waals surface area contributed by atoms with Gasteiger partial charge in [0.25, 0.3) is 5.56 Å². The summed E-state index contributed by atoms with van der Waals surface area (Å²) in [6, 6.07) is 16.3. The van der Waals surface area contributed by atoms with Gasteiger partial charge in [0.05, 0.1) is 10.9 Å². The minimum absolute atomic E-state index is 0.149. The van der Waals surface area contributed by atoms with Crippen molar-refractivity contribution in [2.24, 2.45) is 0 Å². The lowest BCUT2D eigenvalue weighted by Crippen LogP contribution is -2.49. The van der Waals surface area contributed by atoms with Crippen molar-refractivity contribution < 1.29 is 9.53 Å². The van der Waals surface area contributed by atoms with Crippen LogP contribution in [-0.2, 0) is 16.1 Å². The fourth-order valence-corrected chi connectivity index (χ4v) is 3.58. The highest BCUT2D eigenvalue weighted by atomic mass is 16.5. The van der Waals surface area contributed by atoms with E-state index in [-0.39, 0.29) is 11.5 Å². The third-order valence-electron chi connectivity index (χ3n) is 4.89. The van der Waals surface area contributed by atoms with E-state index in [1.807, 2.05) is 49.4 Å². The van der Waals surface area contributed by atoms with Gasteiger partial charge in [0.1, 0.15) is 6.04 Å². The van der Waals surface area contributed by atoms with E-state index in [2.05, 4.69) is 0 Å². The number of carbonyl (C=O) groups is 1. The molecule has 0 N–H and O–H groups in total. The second-order valence-corrected chi connectivity index (χ2v) is 6.60. The van der Waals surface area contributed by atoms with Crippen molar-refractivity contribution in [1.29, 1.82) is 0 Å². The Morgan fingerprint density at radius 3 is 2.48 bits per heavy atom. The molecule has 6 nitrogen and oxygen atoms in total. The Morgan fingerprint density at radius 2 is 1.74 bits per heavy atom. The quantitative estimate of drug-likeness (QED) is 0.715. The van der Waals surface area contributed by atoms with Crippen molar-refractivity contribution in [3.05, 3.63) is 76.3 Å². The minimum Gasteiger partial charge on any atom is -0.351 e. The molecule has 2 atom stereocenters. The molecule has 6 heteroatoms. The molecule has 0 saturated heterocycles. The van der Waals surface area contributed by atoms with Gasteiger partial charge in [0.15, 0.2) is 12.1 Å². The number of amides is 1. The van der Waals surface area contributed by atoms with Gasteiger partial charge < -0.3 is 9.64 Å². The van der Waals surface area contributed by atoms with Crippen LogP contribution in [0.25, 0.3) is 10.9 Å². The van der Waals surface area contributed by atoms with Crippen LogP contribution in [0.4, 0.5) is 0 Å². The zero-order chi connectivity index (χ0) is 19.0. The molecule has 0 radical (unpaired) electrons. The number of fused-ring (bicyclic) bond motifs is 2. The predicted molar refractivity (Wildman–Crippen MR) is 102 cm³/mol. The molecule has 0 bridgehead atoms. The summed E-state index contributed by atoms with van der Waals surface area (Å²) in [7, 11) is 0. The first-order valence-electron chi connectivity index (χ1n) is 9.09. The summed E-state index contributed by atoms with van der Waals surface area (Å²) >= 11 is 0. The van der Waals surface area contributed by atoms with Gasteiger partial charge in [-0.1, -0.05) is 42.5 Å². The molecule has 1 aromatic heterocycles. The third kappa shape index (κ3) is 2.92. The number of rotatable bonds is 4. The summed E-state index contributed by atoms with van der Waals surface area (Å²) in [5.74, 6) is 0.326. The van der Waals surface area contributed by atoms with Gasteiger partial charge in [-0.3, -0.25) is 14.2 Å². The van der Waals surface area contributed by atoms with Crippen molar-refractivity contribution in [2.75, 3.05) is 6.61 Å². The fourth-order valence-electron chi connectivity index (χ4n) is 3.58. The molecule has 1 amide bonds. The minimum atomic E-state index is -0.698. The van der Waals surface area contributed by atoms with E-state index in [9.17, 15) is 9.59 Å². The Morgan fingerprint density at radius 1 is 1.04 bits per heavy atom. The van der Waals surface area contributed by atoms with Crippen molar-refractivity contribution in [3.63, 3.8) is 0 Å². The van der Waals surface area contributed by atoms with Crippen LogP contribution in [0.5, 0.6) is 0 Å². The summed E-state index contributed by atoms with van der Waals surface area (Å²) in [4.78, 5) is 32.5. The first kappa shape index (κ1) is 17.4. The highest BCUT2D eigenvalue weighted by molar-refractivity contribution is 5.83. The molecule has 1 aliphatic heterocycles. The standard InChI is InChI=1S/C21H21N3O3/c1-3-27-21-18-22-17-12-8-7-11-16(17)20(26)24(18)14(2)19(25)23(21)13-15-9-5-4-6-10-15/h4-12,14,21H,3,13H2,1-2H3/t14-,21-/m0/s1. The van der Waals surface area contributed by atoms with E-state index < -0.39 is 12.3 Å². The van der Waals surface area contributed by atoms with Crippen LogP contribution in [0.3, 0.4) is 0 Å². The van der Waals surface area contributed by atoms with Crippen LogP contribution in [0.15, 0.2) is 59.4 Å². The first-order chi connectivity index (χ1) is 13.1. The SMILES string of the molecule is CCO[C@H]1c2nc3ccccc3c(=O)n2[C@@H](C)C(=O)N1Cc1ccccc1. The monoisotopic (exact) mass is 363 g/mol. The summed E-state index contributed by atoms with van der Waals surface area (Å²) in [5.41, 5.74) is 1.40. The molecule has 2 aromatic carbocycles. The average molecular weight is 363 g/mol. The van der Waals surface area contributed by atoms with Gasteiger partial charge in [-0.15, -0.1) is 0 Å². The van der Waals surface area contributed by atoms with Gasteiger partial charge in [-0.2, -0.15) is 0 Å². The Bertz CT molecular complexity index is 1050. The zero-order valence-corrected chi connectivity index (χ0v) is 15.3. The van der Waals surface area contributed by atoms with Gasteiger partial charge in [0.2, 0.25) is 5.91 Å². The maximum Gasteiger partial charge on any atom is 0.262 e. The summed E-state index contributed by atoms with van der Waals surface area (Å²) in [6.07, 6.45) is -0.698. The zero-order valence-electron chi connectivity index (χ0n) is 15.3. The van der Waals surface area contributed by atoms with Gasteiger partial charge >= 0.3 is 0 Å². The molecule has 0 aliphatic carbocycles. The van der Waals surface area contributed by atoms with Crippen LogP contribution in [0.1, 0.15) is 37.5 Å². The van der Waals surface area contributed by atoms with E-state index in [1.165, 1.54) is 4.57 Å². The van der Waals surface area contributed by atoms with E-state index in [1.54, 1.807) is 24.0 Å². The van der Waals surface area contributed by atoms with Crippen molar-refractivity contribution in [3.8, 4) is 0 Å². The largest absolute Gasteiger partial charge is 0.351 e. The molecule has 0 unspecified atom stereocenters. The molecule has 4 rings (SSSR count). The second-order valence-electron chi connectivity index (χ2n) is 6.60. The van der Waals surface area contributed by atoms with Gasteiger partial charge in [-0.25, -0.2) is 4.98 Å². The molecule has 138 valence electrons. The van der Waals surface area contributed by atoms with E-state index in [4.69, 9.17) is 9.72 Å². The fraction of sp³-hybridized carbons (Fsp3) is 0.286. The predicted octanol–water partition coefficient (Wildman–Crippen LogP) is 3.04. The topological polar surface area (TPSA) is 64.4 Å². The maximum absolute atomic E-state index is 13.1. The highest BCUT2D eigenvalue weighted by Gasteiger charge is 2.40. The number of hydrogen-bond acceptors (Lipinski definition) is 4. The molecular weight excluding hydrogens is 342 g/mol. The third-order valence-corrected chi connectivity index (χ3v) is 4.89. The number of para-hydroxylation sites is 1. The van der Waals surface area contributed by atoms with Crippen LogP contribution < -0.4 is 5.56 Å². The molecule has 2 heterocycles. The number of carbonyl (C=O) groups excluding carboxylic acids is 1. The van der Waals surface area contributed by atoms with Crippen molar-refractivity contribution in [1.82, 2.24) is 14.5 Å². The molecular formula is C21H21N3O3. The highest BCUT2D eigenvalue weighted by Crippen LogP contribution is 2.32. The lowest BCUT2D eigenvalue weighted by atomic mass is 10.1. The lowest BCUT2D eigenvalue weighted by Gasteiger charge is -2.39. The normalized spacial score (nSPS) is 19.3. The smallest absolute Gasteiger partial charge is 0.262 e. The molecule has 0 spiro atoms. The first-order valence-corrected chi connectivity index (χ1v) is 9.09. The Kier molecular flexibility index (Phi) is 4.49. The van der Waals surface area contributed by atoms with Crippen molar-refractivity contribution in [2.45, 2.75) is 32.7 Å². The van der Waals surface area contributed by atoms with E-state index in [0.717, 1.165) is 5.56 Å². The number of hydrogen-bond donors (Lipinski definition) is 0. The number of aromatic nitrogens is 2. The van der Waals surface area contributed by atoms with Crippen LogP contribution in [-0.4, -0.2) is 27.0 Å². The average Bonchev–Trinajstić information content (AvgIpc) is 2.69. The Balaban J connectivity index is 1.88. The molecule has 0 saturated carbocycles. The Labute approximate surface area is 157 Å². The molecule has 3 aromatic rings. The molecule has 27 heavy (non-hydrogen) atoms. The van der Waals surface area contributed by atoms with E-state index in [0.29, 0.717) is 29.9 Å². The van der Waals surface area contributed by atoms with Crippen LogP contribution in [0.2, 0.25) is 0 Å². The second kappa shape index (κ2) is 6.96. The van der Waals surface area contributed by atoms with E-state index >= 15 is 0 Å². The van der Waals surface area contributed by atoms with Gasteiger partial charge in [-0.05, 0) is 31.5 Å². The maximum atomic E-state index is 13.1. The Hall–Kier alpha value is -2.99. The molecule has 1 aliphatic rings. The summed E-state index contributed by atoms with van der Waals surface area (Å²) in [6.45, 7) is 4.41. The summed E-state index contributed by atoms with van der Waals surface area (Å²) in [5, 5.41) is 0.507. The number of nitrogens with zero attached hydrogens (tertiary/aromatic N) is 3. The van der Waals surface area contributed by atoms with Crippen molar-refractivity contribution >= 4 is 16.8 Å². The number of ether oxygens (including phenoxy) is 1. The van der Waals surface area contributed by atoms with Crippen LogP contribution >= 0.6 is 0 Å². The summed E-state index contributed by atoms with van der Waals surface area (Å²) < 4.78 is 7.38. The lowest BCUT2D eigenvalue weighted by molar-refractivity contribution is -0.158.